The first kappa shape index (κ1) is 13.8. The first-order valence-electron chi connectivity index (χ1n) is 6.64. The molecule has 0 spiro atoms. The average molecular weight is 266 g/mol. The van der Waals surface area contributed by atoms with Crippen LogP contribution in [0.1, 0.15) is 40.0 Å². The zero-order chi connectivity index (χ0) is 13.9. The van der Waals surface area contributed by atoms with Crippen molar-refractivity contribution in [3.63, 3.8) is 0 Å². The van der Waals surface area contributed by atoms with E-state index in [4.69, 9.17) is 10.6 Å². The summed E-state index contributed by atoms with van der Waals surface area (Å²) in [6.45, 7) is 6.94. The zero-order valence-electron chi connectivity index (χ0n) is 11.7. The van der Waals surface area contributed by atoms with E-state index in [0.717, 1.165) is 12.8 Å². The van der Waals surface area contributed by atoms with Gasteiger partial charge in [-0.1, -0.05) is 13.8 Å². The Kier molecular flexibility index (Phi) is 4.04. The Morgan fingerprint density at radius 1 is 1.32 bits per heavy atom. The fraction of sp³-hybridized carbons (Fsp3) is 0.750. The van der Waals surface area contributed by atoms with Crippen LogP contribution in [0.4, 0.5) is 11.9 Å². The molecule has 1 aliphatic carbocycles. The molecule has 0 radical (unpaired) electrons. The van der Waals surface area contributed by atoms with Crippen molar-refractivity contribution in [2.45, 2.75) is 46.1 Å². The largest absolute Gasteiger partial charge is 0.464 e. The van der Waals surface area contributed by atoms with Crippen LogP contribution in [-0.2, 0) is 0 Å². The van der Waals surface area contributed by atoms with E-state index in [0.29, 0.717) is 30.0 Å². The van der Waals surface area contributed by atoms with Crippen molar-refractivity contribution >= 4 is 11.9 Å². The Labute approximate surface area is 113 Å². The highest BCUT2D eigenvalue weighted by atomic mass is 16.5. The third kappa shape index (κ3) is 3.66. The second kappa shape index (κ2) is 5.56. The Balaban J connectivity index is 2.09. The van der Waals surface area contributed by atoms with Gasteiger partial charge >= 0.3 is 6.01 Å². The second-order valence-electron chi connectivity index (χ2n) is 5.59. The minimum atomic E-state index is 0.283. The Bertz CT molecular complexity index is 436. The van der Waals surface area contributed by atoms with Crippen LogP contribution in [0.3, 0.4) is 0 Å². The molecule has 19 heavy (non-hydrogen) atoms. The van der Waals surface area contributed by atoms with Crippen LogP contribution in [-0.4, -0.2) is 27.6 Å². The fourth-order valence-corrected chi connectivity index (χ4v) is 2.42. The van der Waals surface area contributed by atoms with Crippen LogP contribution < -0.4 is 21.3 Å². The van der Waals surface area contributed by atoms with Crippen LogP contribution in [0.25, 0.3) is 0 Å². The van der Waals surface area contributed by atoms with Crippen molar-refractivity contribution < 1.29 is 4.74 Å². The number of aromatic nitrogens is 3. The molecule has 0 amide bonds. The lowest BCUT2D eigenvalue weighted by atomic mass is 9.92. The number of anilines is 2. The summed E-state index contributed by atoms with van der Waals surface area (Å²) < 4.78 is 5.30. The van der Waals surface area contributed by atoms with Crippen LogP contribution in [0.5, 0.6) is 6.01 Å². The predicted molar refractivity (Wildman–Crippen MR) is 73.8 cm³/mol. The number of hydrazine groups is 1. The lowest BCUT2D eigenvalue weighted by Gasteiger charge is -2.18. The molecule has 106 valence electrons. The summed E-state index contributed by atoms with van der Waals surface area (Å²) in [5, 5.41) is 3.33. The summed E-state index contributed by atoms with van der Waals surface area (Å²) in [7, 11) is 0. The first-order valence-corrected chi connectivity index (χ1v) is 6.64. The van der Waals surface area contributed by atoms with Gasteiger partial charge < -0.3 is 10.1 Å². The summed E-state index contributed by atoms with van der Waals surface area (Å²) in [6, 6.07) is 0.669. The Morgan fingerprint density at radius 3 is 2.63 bits per heavy atom. The number of hydrogen-bond donors (Lipinski definition) is 3. The number of nitrogens with zero attached hydrogens (tertiary/aromatic N) is 3. The minimum Gasteiger partial charge on any atom is -0.464 e. The van der Waals surface area contributed by atoms with Gasteiger partial charge in [0, 0.05) is 6.04 Å². The van der Waals surface area contributed by atoms with E-state index in [-0.39, 0.29) is 6.01 Å². The van der Waals surface area contributed by atoms with Gasteiger partial charge in [-0.25, -0.2) is 5.84 Å². The highest BCUT2D eigenvalue weighted by Gasteiger charge is 2.31. The fourth-order valence-electron chi connectivity index (χ4n) is 2.42. The molecule has 1 aromatic rings. The molecule has 0 saturated heterocycles. The normalized spacial score (nSPS) is 21.2. The maximum atomic E-state index is 5.35. The molecule has 1 heterocycles. The first-order chi connectivity index (χ1) is 9.02. The van der Waals surface area contributed by atoms with Crippen molar-refractivity contribution in [3.8, 4) is 6.01 Å². The molecule has 1 fully saturated rings. The maximum absolute atomic E-state index is 5.35. The summed E-state index contributed by atoms with van der Waals surface area (Å²) in [6.07, 6.45) is 3.43. The molecule has 1 atom stereocenters. The zero-order valence-corrected chi connectivity index (χ0v) is 11.7. The molecule has 7 nitrogen and oxygen atoms in total. The lowest BCUT2D eigenvalue weighted by molar-refractivity contribution is 0.312. The van der Waals surface area contributed by atoms with Gasteiger partial charge in [-0.2, -0.15) is 15.0 Å². The molecule has 1 unspecified atom stereocenters. The van der Waals surface area contributed by atoms with Gasteiger partial charge in [-0.05, 0) is 31.6 Å². The van der Waals surface area contributed by atoms with Crippen LogP contribution in [0, 0.1) is 5.41 Å². The highest BCUT2D eigenvalue weighted by molar-refractivity contribution is 5.36. The van der Waals surface area contributed by atoms with Gasteiger partial charge in [0.05, 0.1) is 6.61 Å². The van der Waals surface area contributed by atoms with Crippen molar-refractivity contribution in [2.24, 2.45) is 11.3 Å². The number of nitrogens with two attached hydrogens (primary N) is 1. The third-order valence-corrected chi connectivity index (χ3v) is 3.32. The smallest absolute Gasteiger partial charge is 0.323 e. The number of nitrogen functional groups attached to an aromatic ring is 1. The van der Waals surface area contributed by atoms with E-state index in [2.05, 4.69) is 39.5 Å². The third-order valence-electron chi connectivity index (χ3n) is 3.32. The van der Waals surface area contributed by atoms with Crippen molar-refractivity contribution in [1.82, 2.24) is 15.0 Å². The molecule has 1 aromatic heterocycles. The van der Waals surface area contributed by atoms with E-state index in [1.807, 2.05) is 6.92 Å². The molecular weight excluding hydrogens is 244 g/mol. The summed E-state index contributed by atoms with van der Waals surface area (Å²) >= 11 is 0. The standard InChI is InChI=1S/C12H22N6O/c1-4-19-11-16-9(15-10(17-11)18-13)14-8-5-6-12(2,3)7-8/h8H,4-7,13H2,1-3H3,(H2,14,15,16,17,18). The van der Waals surface area contributed by atoms with Gasteiger partial charge in [0.25, 0.3) is 0 Å². The van der Waals surface area contributed by atoms with E-state index < -0.39 is 0 Å². The second-order valence-corrected chi connectivity index (χ2v) is 5.59. The number of nitrogens with one attached hydrogen (secondary N) is 2. The van der Waals surface area contributed by atoms with Crippen LogP contribution >= 0.6 is 0 Å². The SMILES string of the molecule is CCOc1nc(NN)nc(NC2CCC(C)(C)C2)n1. The van der Waals surface area contributed by atoms with Gasteiger partial charge in [-0.3, -0.25) is 5.43 Å². The molecule has 4 N–H and O–H groups in total. The molecule has 1 aliphatic rings. The Morgan fingerprint density at radius 2 is 2.05 bits per heavy atom. The lowest BCUT2D eigenvalue weighted by Crippen LogP contribution is -2.21. The van der Waals surface area contributed by atoms with Gasteiger partial charge in [0.15, 0.2) is 0 Å². The van der Waals surface area contributed by atoms with Crippen molar-refractivity contribution in [1.29, 1.82) is 0 Å². The van der Waals surface area contributed by atoms with Crippen LogP contribution in [0.15, 0.2) is 0 Å². The molecule has 7 heteroatoms. The number of rotatable bonds is 5. The van der Waals surface area contributed by atoms with E-state index >= 15 is 0 Å². The summed E-state index contributed by atoms with van der Waals surface area (Å²) in [4.78, 5) is 12.5. The van der Waals surface area contributed by atoms with Gasteiger partial charge in [0.1, 0.15) is 0 Å². The van der Waals surface area contributed by atoms with E-state index in [1.165, 1.54) is 6.42 Å². The average Bonchev–Trinajstić information content (AvgIpc) is 2.68. The Hall–Kier alpha value is -1.63. The maximum Gasteiger partial charge on any atom is 0.323 e. The van der Waals surface area contributed by atoms with Gasteiger partial charge in [-0.15, -0.1) is 0 Å². The predicted octanol–water partition coefficient (Wildman–Crippen LogP) is 1.55. The molecule has 2 rings (SSSR count). The monoisotopic (exact) mass is 266 g/mol. The number of ether oxygens (including phenoxy) is 1. The molecule has 0 aliphatic heterocycles. The summed E-state index contributed by atoms with van der Waals surface area (Å²) in [5.41, 5.74) is 2.80. The highest BCUT2D eigenvalue weighted by Crippen LogP contribution is 2.38. The topological polar surface area (TPSA) is 98.0 Å². The van der Waals surface area contributed by atoms with Crippen molar-refractivity contribution in [2.75, 3.05) is 17.3 Å². The van der Waals surface area contributed by atoms with Crippen LogP contribution in [0.2, 0.25) is 0 Å². The molecule has 0 bridgehead atoms. The molecule has 1 saturated carbocycles. The number of hydrogen-bond acceptors (Lipinski definition) is 7. The summed E-state index contributed by atoms with van der Waals surface area (Å²) in [5.74, 6) is 6.16. The van der Waals surface area contributed by atoms with Crippen molar-refractivity contribution in [3.05, 3.63) is 0 Å². The van der Waals surface area contributed by atoms with Gasteiger partial charge in [0.2, 0.25) is 11.9 Å². The van der Waals surface area contributed by atoms with E-state index in [1.54, 1.807) is 0 Å². The van der Waals surface area contributed by atoms with E-state index in [9.17, 15) is 0 Å². The molecular formula is C12H22N6O. The minimum absolute atomic E-state index is 0.283. The molecule has 0 aromatic carbocycles. The quantitative estimate of drug-likeness (QED) is 0.549.